The smallest absolute Gasteiger partial charge is 0.255 e. The number of ether oxygens (including phenoxy) is 1. The summed E-state index contributed by atoms with van der Waals surface area (Å²) >= 11 is 11.9. The van der Waals surface area contributed by atoms with Gasteiger partial charge in [-0.3, -0.25) is 4.79 Å². The van der Waals surface area contributed by atoms with Crippen molar-refractivity contribution in [3.8, 4) is 5.75 Å². The van der Waals surface area contributed by atoms with Crippen LogP contribution in [-0.4, -0.2) is 45.5 Å². The highest BCUT2D eigenvalue weighted by molar-refractivity contribution is 7.89. The molecule has 1 N–H and O–H groups in total. The van der Waals surface area contributed by atoms with Crippen molar-refractivity contribution >= 4 is 45.3 Å². The number of amides is 1. The summed E-state index contributed by atoms with van der Waals surface area (Å²) < 4.78 is 31.6. The number of carbonyl (C=O) groups excluding carboxylic acids is 1. The molecule has 0 unspecified atom stereocenters. The lowest BCUT2D eigenvalue weighted by molar-refractivity contribution is -0.121. The zero-order valence-corrected chi connectivity index (χ0v) is 17.8. The first kappa shape index (κ1) is 22.2. The van der Waals surface area contributed by atoms with E-state index in [0.717, 1.165) is 9.87 Å². The molecule has 7 nitrogen and oxygen atoms in total. The minimum Gasteiger partial charge on any atom is -0.495 e. The first-order valence-corrected chi connectivity index (χ1v) is 10.2. The van der Waals surface area contributed by atoms with Crippen LogP contribution in [0.2, 0.25) is 10.0 Å². The van der Waals surface area contributed by atoms with E-state index in [2.05, 4.69) is 10.5 Å². The molecule has 0 atom stereocenters. The minimum absolute atomic E-state index is 0.0143. The number of rotatable bonds is 7. The first-order valence-electron chi connectivity index (χ1n) is 8.03. The van der Waals surface area contributed by atoms with Crippen molar-refractivity contribution in [2.24, 2.45) is 5.10 Å². The topological polar surface area (TPSA) is 88.1 Å². The molecule has 0 bridgehead atoms. The van der Waals surface area contributed by atoms with Gasteiger partial charge in [0.25, 0.3) is 5.91 Å². The predicted octanol–water partition coefficient (Wildman–Crippen LogP) is 3.08. The monoisotopic (exact) mass is 443 g/mol. The Kier molecular flexibility index (Phi) is 7.42. The van der Waals surface area contributed by atoms with Gasteiger partial charge in [-0.1, -0.05) is 41.4 Å². The van der Waals surface area contributed by atoms with Crippen LogP contribution in [0.15, 0.2) is 46.4 Å². The van der Waals surface area contributed by atoms with Gasteiger partial charge in [-0.15, -0.1) is 0 Å². The van der Waals surface area contributed by atoms with Gasteiger partial charge in [0.2, 0.25) is 10.0 Å². The Hall–Kier alpha value is -2.13. The number of hydrazone groups is 1. The van der Waals surface area contributed by atoms with E-state index >= 15 is 0 Å². The van der Waals surface area contributed by atoms with Crippen molar-refractivity contribution in [1.29, 1.82) is 0 Å². The van der Waals surface area contributed by atoms with Crippen molar-refractivity contribution in [1.82, 2.24) is 9.73 Å². The third-order valence-corrected chi connectivity index (χ3v) is 6.41. The summed E-state index contributed by atoms with van der Waals surface area (Å²) in [5, 5.41) is 4.44. The highest BCUT2D eigenvalue weighted by Gasteiger charge is 2.26. The Bertz CT molecular complexity index is 1010. The van der Waals surface area contributed by atoms with Crippen LogP contribution in [0.4, 0.5) is 0 Å². The predicted molar refractivity (Wildman–Crippen MR) is 110 cm³/mol. The Morgan fingerprint density at radius 1 is 1.29 bits per heavy atom. The molecule has 0 saturated carbocycles. The van der Waals surface area contributed by atoms with Crippen LogP contribution in [0.1, 0.15) is 11.1 Å². The van der Waals surface area contributed by atoms with Crippen molar-refractivity contribution in [2.45, 2.75) is 11.8 Å². The van der Waals surface area contributed by atoms with Gasteiger partial charge in [0, 0.05) is 12.6 Å². The van der Waals surface area contributed by atoms with Crippen molar-refractivity contribution < 1.29 is 17.9 Å². The standard InChI is InChI=1S/C18H19Cl2N3O4S/c1-12-7-8-15(27-3)16(9-12)28(25,26)23(2)11-17(24)22-21-10-13-5-4-6-14(19)18(13)20/h4-10H,11H2,1-3H3,(H,22,24)/b21-10-. The molecule has 0 aliphatic heterocycles. The van der Waals surface area contributed by atoms with Gasteiger partial charge in [0.1, 0.15) is 10.6 Å². The van der Waals surface area contributed by atoms with E-state index in [9.17, 15) is 13.2 Å². The lowest BCUT2D eigenvalue weighted by Crippen LogP contribution is -2.36. The minimum atomic E-state index is -3.93. The number of aryl methyl sites for hydroxylation is 1. The van der Waals surface area contributed by atoms with Crippen LogP contribution in [0.25, 0.3) is 0 Å². The molecule has 0 fully saturated rings. The molecule has 0 saturated heterocycles. The fraction of sp³-hybridized carbons (Fsp3) is 0.222. The van der Waals surface area contributed by atoms with E-state index in [1.165, 1.54) is 26.4 Å². The highest BCUT2D eigenvalue weighted by Crippen LogP contribution is 2.27. The van der Waals surface area contributed by atoms with Crippen LogP contribution in [-0.2, 0) is 14.8 Å². The number of likely N-dealkylation sites (N-methyl/N-ethyl adjacent to an activating group) is 1. The van der Waals surface area contributed by atoms with E-state index in [1.807, 2.05) is 0 Å². The molecule has 0 radical (unpaired) electrons. The van der Waals surface area contributed by atoms with Crippen molar-refractivity contribution in [3.05, 3.63) is 57.6 Å². The van der Waals surface area contributed by atoms with Gasteiger partial charge in [-0.2, -0.15) is 9.41 Å². The summed E-state index contributed by atoms with van der Waals surface area (Å²) in [7, 11) is -1.25. The Labute approximate surface area is 173 Å². The van der Waals surface area contributed by atoms with E-state index in [0.29, 0.717) is 15.6 Å². The molecule has 0 aliphatic rings. The van der Waals surface area contributed by atoms with Gasteiger partial charge in [0.05, 0.1) is 29.9 Å². The van der Waals surface area contributed by atoms with Crippen LogP contribution >= 0.6 is 23.2 Å². The fourth-order valence-electron chi connectivity index (χ4n) is 2.27. The van der Waals surface area contributed by atoms with E-state index in [-0.39, 0.29) is 10.6 Å². The third kappa shape index (κ3) is 5.23. The molecule has 28 heavy (non-hydrogen) atoms. The number of hydrogen-bond acceptors (Lipinski definition) is 5. The largest absolute Gasteiger partial charge is 0.495 e. The Morgan fingerprint density at radius 2 is 2.00 bits per heavy atom. The normalized spacial score (nSPS) is 11.8. The van der Waals surface area contributed by atoms with Crippen molar-refractivity contribution in [2.75, 3.05) is 20.7 Å². The Balaban J connectivity index is 2.08. The first-order chi connectivity index (χ1) is 13.2. The molecule has 2 aromatic carbocycles. The molecule has 10 heteroatoms. The molecule has 150 valence electrons. The van der Waals surface area contributed by atoms with Crippen LogP contribution in [0, 0.1) is 6.92 Å². The lowest BCUT2D eigenvalue weighted by atomic mass is 10.2. The average molecular weight is 444 g/mol. The second kappa shape index (κ2) is 9.38. The number of nitrogens with zero attached hydrogens (tertiary/aromatic N) is 2. The zero-order chi connectivity index (χ0) is 20.9. The highest BCUT2D eigenvalue weighted by atomic mass is 35.5. The number of carbonyl (C=O) groups is 1. The number of benzene rings is 2. The number of halogens is 2. The zero-order valence-electron chi connectivity index (χ0n) is 15.4. The second-order valence-corrected chi connectivity index (χ2v) is 8.65. The molecule has 0 heterocycles. The van der Waals surface area contributed by atoms with E-state index in [1.54, 1.807) is 37.3 Å². The van der Waals surface area contributed by atoms with Gasteiger partial charge in [0.15, 0.2) is 0 Å². The van der Waals surface area contributed by atoms with Crippen LogP contribution in [0.5, 0.6) is 5.75 Å². The SMILES string of the molecule is COc1ccc(C)cc1S(=O)(=O)N(C)CC(=O)N/N=C\c1cccc(Cl)c1Cl. The van der Waals surface area contributed by atoms with Crippen LogP contribution in [0.3, 0.4) is 0 Å². The molecule has 0 aromatic heterocycles. The molecule has 0 spiro atoms. The summed E-state index contributed by atoms with van der Waals surface area (Å²) in [6, 6.07) is 9.77. The average Bonchev–Trinajstić information content (AvgIpc) is 2.65. The maximum Gasteiger partial charge on any atom is 0.255 e. The summed E-state index contributed by atoms with van der Waals surface area (Å²) in [6.07, 6.45) is 1.32. The molecule has 0 aliphatic carbocycles. The van der Waals surface area contributed by atoms with Gasteiger partial charge >= 0.3 is 0 Å². The summed E-state index contributed by atoms with van der Waals surface area (Å²) in [5.74, 6) is -0.418. The van der Waals surface area contributed by atoms with E-state index < -0.39 is 22.5 Å². The van der Waals surface area contributed by atoms with E-state index in [4.69, 9.17) is 27.9 Å². The molecule has 2 rings (SSSR count). The molecule has 2 aromatic rings. The van der Waals surface area contributed by atoms with Gasteiger partial charge < -0.3 is 4.74 Å². The third-order valence-electron chi connectivity index (χ3n) is 3.75. The molecular formula is C18H19Cl2N3O4S. The Morgan fingerprint density at radius 3 is 2.68 bits per heavy atom. The number of nitrogens with one attached hydrogen (secondary N) is 1. The maximum absolute atomic E-state index is 12.8. The van der Waals surface area contributed by atoms with Crippen LogP contribution < -0.4 is 10.2 Å². The second-order valence-electron chi connectivity index (χ2n) is 5.85. The molecular weight excluding hydrogens is 425 g/mol. The summed E-state index contributed by atoms with van der Waals surface area (Å²) in [6.45, 7) is 1.33. The quantitative estimate of drug-likeness (QED) is 0.525. The number of sulfonamides is 1. The lowest BCUT2D eigenvalue weighted by Gasteiger charge is -2.18. The maximum atomic E-state index is 12.8. The number of methoxy groups -OCH3 is 1. The van der Waals surface area contributed by atoms with Gasteiger partial charge in [-0.05, 0) is 30.7 Å². The summed E-state index contributed by atoms with van der Waals surface area (Å²) in [4.78, 5) is 12.1. The number of hydrogen-bond donors (Lipinski definition) is 1. The van der Waals surface area contributed by atoms with Gasteiger partial charge in [-0.25, -0.2) is 13.8 Å². The van der Waals surface area contributed by atoms with Crippen molar-refractivity contribution in [3.63, 3.8) is 0 Å². The summed E-state index contributed by atoms with van der Waals surface area (Å²) in [5.41, 5.74) is 3.53. The molecule has 1 amide bonds. The fourth-order valence-corrected chi connectivity index (χ4v) is 3.99.